The van der Waals surface area contributed by atoms with Crippen LogP contribution in [0.2, 0.25) is 0 Å². The second-order valence-corrected chi connectivity index (χ2v) is 9.90. The van der Waals surface area contributed by atoms with Gasteiger partial charge in [0.05, 0.1) is 10.9 Å². The molecule has 4 unspecified atom stereocenters. The van der Waals surface area contributed by atoms with E-state index in [4.69, 9.17) is 16.3 Å². The van der Waals surface area contributed by atoms with Crippen LogP contribution < -0.4 is 9.62 Å². The van der Waals surface area contributed by atoms with Gasteiger partial charge in [-0.1, -0.05) is 25.1 Å². The lowest BCUT2D eigenvalue weighted by Gasteiger charge is -2.31. The first-order valence-electron chi connectivity index (χ1n) is 9.27. The fourth-order valence-corrected chi connectivity index (χ4v) is 5.53. The van der Waals surface area contributed by atoms with E-state index in [9.17, 15) is 8.42 Å². The van der Waals surface area contributed by atoms with Gasteiger partial charge in [-0.15, -0.1) is 11.6 Å². The third-order valence-corrected chi connectivity index (χ3v) is 8.09. The maximum Gasteiger partial charge on any atom is 0.237 e. The quantitative estimate of drug-likeness (QED) is 0.533. The topological polar surface area (TPSA) is 58.6 Å². The number of alkyl halides is 1. The maximum absolute atomic E-state index is 13.1. The Kier molecular flexibility index (Phi) is 7.76. The van der Waals surface area contributed by atoms with Gasteiger partial charge in [0, 0.05) is 32.2 Å². The highest BCUT2D eigenvalue weighted by atomic mass is 35.5. The monoisotopic (exact) mass is 402 g/mol. The third kappa shape index (κ3) is 4.53. The van der Waals surface area contributed by atoms with Crippen LogP contribution in [0.5, 0.6) is 0 Å². The number of sulfonamides is 1. The lowest BCUT2D eigenvalue weighted by atomic mass is 9.85. The van der Waals surface area contributed by atoms with E-state index in [1.54, 1.807) is 14.2 Å². The van der Waals surface area contributed by atoms with Crippen LogP contribution in [0.4, 0.5) is 5.69 Å². The Hall–Kier alpha value is -0.820. The zero-order valence-corrected chi connectivity index (χ0v) is 17.7. The van der Waals surface area contributed by atoms with Crippen molar-refractivity contribution in [3.8, 4) is 0 Å². The van der Waals surface area contributed by atoms with Gasteiger partial charge < -0.3 is 10.1 Å². The summed E-state index contributed by atoms with van der Waals surface area (Å²) in [5.74, 6) is -0.101. The zero-order valence-electron chi connectivity index (χ0n) is 16.1. The molecule has 1 N–H and O–H groups in total. The van der Waals surface area contributed by atoms with E-state index in [1.165, 1.54) is 4.31 Å². The molecule has 1 aliphatic rings. The number of halogens is 1. The molecule has 1 heterocycles. The van der Waals surface area contributed by atoms with E-state index < -0.39 is 15.3 Å². The summed E-state index contributed by atoms with van der Waals surface area (Å²) in [6.45, 7) is 5.28. The van der Waals surface area contributed by atoms with Crippen molar-refractivity contribution < 1.29 is 13.2 Å². The normalized spacial score (nSPS) is 26.2. The zero-order chi connectivity index (χ0) is 19.3. The van der Waals surface area contributed by atoms with Crippen LogP contribution in [0.15, 0.2) is 24.3 Å². The van der Waals surface area contributed by atoms with Gasteiger partial charge in [0.1, 0.15) is 0 Å². The number of nitrogens with zero attached hydrogens (tertiary/aromatic N) is 1. The number of methoxy groups -OCH3 is 1. The van der Waals surface area contributed by atoms with Crippen molar-refractivity contribution >= 4 is 27.3 Å². The Labute approximate surface area is 163 Å². The first-order chi connectivity index (χ1) is 12.3. The summed E-state index contributed by atoms with van der Waals surface area (Å²) in [6, 6.07) is 7.69. The number of benzene rings is 1. The number of hydrogen-bond donors (Lipinski definition) is 1. The first-order valence-corrected chi connectivity index (χ1v) is 11.2. The minimum Gasteiger partial charge on any atom is -0.385 e. The van der Waals surface area contributed by atoms with E-state index in [1.807, 2.05) is 38.1 Å². The van der Waals surface area contributed by atoms with Crippen molar-refractivity contribution in [3.05, 3.63) is 29.8 Å². The van der Waals surface area contributed by atoms with Crippen molar-refractivity contribution in [1.82, 2.24) is 5.32 Å². The second kappa shape index (κ2) is 9.40. The van der Waals surface area contributed by atoms with Crippen LogP contribution in [0.25, 0.3) is 0 Å². The predicted molar refractivity (Wildman–Crippen MR) is 109 cm³/mol. The third-order valence-electron chi connectivity index (χ3n) is 5.35. The van der Waals surface area contributed by atoms with Gasteiger partial charge >= 0.3 is 0 Å². The number of anilines is 1. The second-order valence-electron chi connectivity index (χ2n) is 6.96. The van der Waals surface area contributed by atoms with Crippen LogP contribution in [0, 0.1) is 5.92 Å². The molecule has 0 radical (unpaired) electrons. The highest BCUT2D eigenvalue weighted by Crippen LogP contribution is 2.42. The van der Waals surface area contributed by atoms with E-state index in [0.29, 0.717) is 13.0 Å². The van der Waals surface area contributed by atoms with Crippen LogP contribution in [-0.2, 0) is 14.8 Å². The maximum atomic E-state index is 13.1. The van der Waals surface area contributed by atoms with Gasteiger partial charge in [0.25, 0.3) is 0 Å². The SMILES string of the molecule is CCC(Cl)CC1C(NCCCOC)c2ccccc2N(C)S(=O)(=O)C1C. The predicted octanol–water partition coefficient (Wildman–Crippen LogP) is 3.55. The number of nitrogens with one attached hydrogen (secondary N) is 1. The van der Waals surface area contributed by atoms with Gasteiger partial charge in [0.2, 0.25) is 10.0 Å². The van der Waals surface area contributed by atoms with Gasteiger partial charge in [-0.25, -0.2) is 8.42 Å². The van der Waals surface area contributed by atoms with Crippen molar-refractivity contribution in [2.75, 3.05) is 31.6 Å². The molecular weight excluding hydrogens is 372 g/mol. The molecule has 2 rings (SSSR count). The largest absolute Gasteiger partial charge is 0.385 e. The van der Waals surface area contributed by atoms with E-state index in [0.717, 1.165) is 30.6 Å². The molecule has 0 bridgehead atoms. The minimum atomic E-state index is -3.45. The molecule has 26 heavy (non-hydrogen) atoms. The van der Waals surface area contributed by atoms with Crippen LogP contribution in [-0.4, -0.2) is 46.4 Å². The Morgan fingerprint density at radius 2 is 2.04 bits per heavy atom. The standard InChI is InChI=1S/C19H31ClN2O3S/c1-5-15(20)13-17-14(2)26(23,24)22(3)18-10-7-6-9-16(18)19(17)21-11-8-12-25-4/h6-7,9-10,14-15,17,19,21H,5,8,11-13H2,1-4H3. The molecule has 0 amide bonds. The summed E-state index contributed by atoms with van der Waals surface area (Å²) < 4.78 is 32.8. The van der Waals surface area contributed by atoms with Crippen molar-refractivity contribution in [1.29, 1.82) is 0 Å². The van der Waals surface area contributed by atoms with E-state index in [-0.39, 0.29) is 17.3 Å². The van der Waals surface area contributed by atoms with E-state index in [2.05, 4.69) is 5.32 Å². The van der Waals surface area contributed by atoms with Gasteiger partial charge in [-0.05, 0) is 50.3 Å². The number of fused-ring (bicyclic) bond motifs is 1. The molecule has 0 saturated carbocycles. The fraction of sp³-hybridized carbons (Fsp3) is 0.684. The first kappa shape index (κ1) is 21.5. The molecule has 1 aliphatic heterocycles. The fourth-order valence-electron chi connectivity index (χ4n) is 3.67. The van der Waals surface area contributed by atoms with E-state index >= 15 is 0 Å². The molecule has 5 nitrogen and oxygen atoms in total. The summed E-state index contributed by atoms with van der Waals surface area (Å²) in [5, 5.41) is 3.03. The number of rotatable bonds is 8. The summed E-state index contributed by atoms with van der Waals surface area (Å²) in [6.07, 6.45) is 2.35. The van der Waals surface area contributed by atoms with Crippen molar-refractivity contribution in [3.63, 3.8) is 0 Å². The molecule has 7 heteroatoms. The Balaban J connectivity index is 2.46. The summed E-state index contributed by atoms with van der Waals surface area (Å²) >= 11 is 6.47. The average molecular weight is 403 g/mol. The van der Waals surface area contributed by atoms with Crippen LogP contribution in [0.1, 0.15) is 44.7 Å². The average Bonchev–Trinajstić information content (AvgIpc) is 2.69. The molecule has 148 valence electrons. The minimum absolute atomic E-state index is 0.0449. The van der Waals surface area contributed by atoms with Crippen molar-refractivity contribution in [2.45, 2.75) is 49.8 Å². The van der Waals surface area contributed by atoms with Gasteiger partial charge in [-0.2, -0.15) is 0 Å². The van der Waals surface area contributed by atoms with Crippen LogP contribution >= 0.6 is 11.6 Å². The molecule has 0 spiro atoms. The number of hydrogen-bond acceptors (Lipinski definition) is 4. The van der Waals surface area contributed by atoms with Gasteiger partial charge in [-0.3, -0.25) is 4.31 Å². The smallest absolute Gasteiger partial charge is 0.237 e. The summed E-state index contributed by atoms with van der Waals surface area (Å²) in [4.78, 5) is 0. The number of para-hydroxylation sites is 1. The molecule has 0 aliphatic carbocycles. The van der Waals surface area contributed by atoms with Crippen LogP contribution in [0.3, 0.4) is 0 Å². The Bertz CT molecular complexity index is 683. The lowest BCUT2D eigenvalue weighted by Crippen LogP contribution is -2.41. The van der Waals surface area contributed by atoms with Crippen molar-refractivity contribution in [2.24, 2.45) is 5.92 Å². The summed E-state index contributed by atoms with van der Waals surface area (Å²) in [7, 11) is -0.118. The molecule has 0 saturated heterocycles. The number of ether oxygens (including phenoxy) is 1. The molecule has 0 aromatic heterocycles. The lowest BCUT2D eigenvalue weighted by molar-refractivity contribution is 0.191. The molecule has 4 atom stereocenters. The highest BCUT2D eigenvalue weighted by Gasteiger charge is 2.43. The Morgan fingerprint density at radius 3 is 2.69 bits per heavy atom. The van der Waals surface area contributed by atoms with Gasteiger partial charge in [0.15, 0.2) is 0 Å². The summed E-state index contributed by atoms with van der Waals surface area (Å²) in [5.41, 5.74) is 1.76. The molecule has 1 aromatic rings. The molecular formula is C19H31ClN2O3S. The molecule has 0 fully saturated rings. The molecule has 1 aromatic carbocycles. The highest BCUT2D eigenvalue weighted by molar-refractivity contribution is 7.93. The Morgan fingerprint density at radius 1 is 1.35 bits per heavy atom.